The van der Waals surface area contributed by atoms with Crippen LogP contribution in [0.4, 0.5) is 23.8 Å². The second-order valence-corrected chi connectivity index (χ2v) is 12.8. The van der Waals surface area contributed by atoms with Crippen molar-refractivity contribution in [1.82, 2.24) is 19.9 Å². The van der Waals surface area contributed by atoms with Crippen molar-refractivity contribution < 1.29 is 22.7 Å². The van der Waals surface area contributed by atoms with E-state index in [9.17, 15) is 18.0 Å². The Labute approximate surface area is 259 Å². The molecule has 7 nitrogen and oxygen atoms in total. The lowest BCUT2D eigenvalue weighted by atomic mass is 9.92. The van der Waals surface area contributed by atoms with Gasteiger partial charge in [-0.1, -0.05) is 17.7 Å². The lowest BCUT2D eigenvalue weighted by Gasteiger charge is -2.33. The molecular formula is C33H33ClF3N5O2. The molecule has 230 valence electrons. The molecule has 1 amide bonds. The van der Waals surface area contributed by atoms with Gasteiger partial charge in [0.25, 0.3) is 0 Å². The van der Waals surface area contributed by atoms with Crippen LogP contribution >= 0.6 is 11.6 Å². The predicted octanol–water partition coefficient (Wildman–Crippen LogP) is 8.03. The molecule has 3 aromatic heterocycles. The third kappa shape index (κ3) is 6.18. The van der Waals surface area contributed by atoms with Gasteiger partial charge in [0.1, 0.15) is 34.7 Å². The van der Waals surface area contributed by atoms with Crippen LogP contribution in [0.5, 0.6) is 0 Å². The third-order valence-electron chi connectivity index (χ3n) is 8.15. The fourth-order valence-electron chi connectivity index (χ4n) is 6.05. The summed E-state index contributed by atoms with van der Waals surface area (Å²) in [6, 6.07) is 9.88. The van der Waals surface area contributed by atoms with Gasteiger partial charge in [-0.15, -0.1) is 0 Å². The molecule has 11 heteroatoms. The molecule has 2 aliphatic heterocycles. The average molecular weight is 624 g/mol. The number of amides is 1. The van der Waals surface area contributed by atoms with E-state index in [1.807, 2.05) is 32.9 Å². The molecule has 2 atom stereocenters. The van der Waals surface area contributed by atoms with Crippen molar-refractivity contribution in [3.05, 3.63) is 82.8 Å². The lowest BCUT2D eigenvalue weighted by molar-refractivity contribution is 0.0204. The number of anilines is 1. The first-order chi connectivity index (χ1) is 21.0. The number of carbonyl (C=O) groups excluding carboxylic acids is 1. The summed E-state index contributed by atoms with van der Waals surface area (Å²) < 4.78 is 49.0. The summed E-state index contributed by atoms with van der Waals surface area (Å²) in [6.45, 7) is 6.74. The van der Waals surface area contributed by atoms with E-state index in [0.717, 1.165) is 42.3 Å². The molecule has 1 aromatic carbocycles. The molecule has 0 aliphatic carbocycles. The summed E-state index contributed by atoms with van der Waals surface area (Å²) >= 11 is 6.67. The van der Waals surface area contributed by atoms with Crippen molar-refractivity contribution in [3.8, 4) is 11.1 Å². The number of ether oxygens (including phenoxy) is 1. The first kappa shape index (κ1) is 30.1. The van der Waals surface area contributed by atoms with Crippen LogP contribution in [0.1, 0.15) is 63.3 Å². The number of aromatic nitrogens is 3. The highest BCUT2D eigenvalue weighted by Crippen LogP contribution is 2.40. The average Bonchev–Trinajstić information content (AvgIpc) is 3.38. The van der Waals surface area contributed by atoms with Crippen molar-refractivity contribution in [1.29, 1.82) is 0 Å². The largest absolute Gasteiger partial charge is 0.444 e. The van der Waals surface area contributed by atoms with Crippen molar-refractivity contribution in [2.75, 3.05) is 24.5 Å². The molecular weight excluding hydrogens is 591 g/mol. The van der Waals surface area contributed by atoms with Crippen LogP contribution in [0.3, 0.4) is 0 Å². The van der Waals surface area contributed by atoms with E-state index in [1.165, 1.54) is 0 Å². The minimum absolute atomic E-state index is 0.00848. The van der Waals surface area contributed by atoms with Crippen LogP contribution in [0, 0.1) is 11.6 Å². The zero-order valence-corrected chi connectivity index (χ0v) is 25.5. The van der Waals surface area contributed by atoms with E-state index in [1.54, 1.807) is 34.3 Å². The Morgan fingerprint density at radius 2 is 1.80 bits per heavy atom. The Kier molecular flexibility index (Phi) is 8.13. The highest BCUT2D eigenvalue weighted by Gasteiger charge is 2.36. The number of hydrogen-bond donors (Lipinski definition) is 0. The lowest BCUT2D eigenvalue weighted by Crippen LogP contribution is -2.41. The normalized spacial score (nSPS) is 19.5. The number of benzene rings is 1. The Balaban J connectivity index is 1.26. The van der Waals surface area contributed by atoms with Crippen molar-refractivity contribution in [3.63, 3.8) is 0 Å². The SMILES string of the molecule is CC(C)(C)OC(=O)N1CCC(c2ccc(-c3c(Cl)cnc4ccc(N5C[C@@H](F)C[C@@H]5c5cc(F)ccc5F)nc34)cn2)CC1. The maximum Gasteiger partial charge on any atom is 0.410 e. The molecule has 2 saturated heterocycles. The van der Waals surface area contributed by atoms with Crippen LogP contribution in [0.25, 0.3) is 22.2 Å². The Morgan fingerprint density at radius 1 is 1.02 bits per heavy atom. The highest BCUT2D eigenvalue weighted by molar-refractivity contribution is 6.34. The smallest absolute Gasteiger partial charge is 0.410 e. The van der Waals surface area contributed by atoms with Gasteiger partial charge in [-0.05, 0) is 70.0 Å². The number of hydrogen-bond acceptors (Lipinski definition) is 6. The van der Waals surface area contributed by atoms with Crippen LogP contribution in [-0.4, -0.2) is 57.4 Å². The topological polar surface area (TPSA) is 71.5 Å². The van der Waals surface area contributed by atoms with Gasteiger partial charge in [0.15, 0.2) is 0 Å². The van der Waals surface area contributed by atoms with Crippen LogP contribution < -0.4 is 4.90 Å². The Bertz CT molecular complexity index is 1690. The third-order valence-corrected chi connectivity index (χ3v) is 8.44. The molecule has 2 fully saturated rings. The fraction of sp³-hybridized carbons (Fsp3) is 0.394. The first-order valence-corrected chi connectivity index (χ1v) is 15.1. The predicted molar refractivity (Wildman–Crippen MR) is 164 cm³/mol. The van der Waals surface area contributed by atoms with E-state index >= 15 is 0 Å². The van der Waals surface area contributed by atoms with Crippen LogP contribution in [0.2, 0.25) is 5.02 Å². The molecule has 0 radical (unpaired) electrons. The second-order valence-electron chi connectivity index (χ2n) is 12.4. The van der Waals surface area contributed by atoms with Crippen molar-refractivity contribution in [2.24, 2.45) is 0 Å². The Morgan fingerprint density at radius 3 is 2.50 bits per heavy atom. The van der Waals surface area contributed by atoms with Gasteiger partial charge in [-0.2, -0.15) is 0 Å². The number of halogens is 4. The molecule has 2 aliphatic rings. The van der Waals surface area contributed by atoms with E-state index in [4.69, 9.17) is 26.3 Å². The quantitative estimate of drug-likeness (QED) is 0.229. The summed E-state index contributed by atoms with van der Waals surface area (Å²) in [6.07, 6.45) is 3.34. The standard InChI is InChI=1S/C33H33ClF3N5O2/c1-33(2,3)44-32(43)41-12-10-19(11-13-41)26-7-4-20(16-38-26)30-24(34)17-39-27-8-9-29(40-31(27)30)42-18-22(36)15-28(42)23-14-21(35)5-6-25(23)37/h4-9,14,16-17,19,22,28H,10-13,15,18H2,1-3H3/t22-,28+/m0/s1. The zero-order valence-electron chi connectivity index (χ0n) is 24.7. The summed E-state index contributed by atoms with van der Waals surface area (Å²) in [5.74, 6) is -0.569. The summed E-state index contributed by atoms with van der Waals surface area (Å²) in [5, 5.41) is 0.375. The number of carbonyl (C=O) groups is 1. The first-order valence-electron chi connectivity index (χ1n) is 14.7. The van der Waals surface area contributed by atoms with Crippen molar-refractivity contribution in [2.45, 2.75) is 63.8 Å². The maximum absolute atomic E-state index is 14.7. The number of rotatable bonds is 4. The number of pyridine rings is 3. The number of likely N-dealkylation sites (tertiary alicyclic amines) is 1. The number of piperidine rings is 1. The number of fused-ring (bicyclic) bond motifs is 1. The van der Waals surface area contributed by atoms with Gasteiger partial charge in [-0.3, -0.25) is 9.97 Å². The molecule has 0 bridgehead atoms. The minimum Gasteiger partial charge on any atom is -0.444 e. The molecule has 44 heavy (non-hydrogen) atoms. The number of nitrogens with zero attached hydrogens (tertiary/aromatic N) is 5. The molecule has 0 spiro atoms. The van der Waals surface area contributed by atoms with Gasteiger partial charge in [0.05, 0.1) is 23.1 Å². The van der Waals surface area contributed by atoms with Gasteiger partial charge in [0.2, 0.25) is 0 Å². The molecule has 4 aromatic rings. The highest BCUT2D eigenvalue weighted by atomic mass is 35.5. The van der Waals surface area contributed by atoms with E-state index in [-0.39, 0.29) is 30.5 Å². The van der Waals surface area contributed by atoms with Gasteiger partial charge in [-0.25, -0.2) is 22.9 Å². The second kappa shape index (κ2) is 11.9. The molecule has 0 N–H and O–H groups in total. The van der Waals surface area contributed by atoms with Crippen molar-refractivity contribution >= 4 is 34.5 Å². The van der Waals surface area contributed by atoms with E-state index in [0.29, 0.717) is 40.5 Å². The van der Waals surface area contributed by atoms with Gasteiger partial charge >= 0.3 is 6.09 Å². The minimum atomic E-state index is -1.23. The van der Waals surface area contributed by atoms with Gasteiger partial charge in [0, 0.05) is 60.2 Å². The van der Waals surface area contributed by atoms with E-state index in [2.05, 4.69) is 4.98 Å². The maximum atomic E-state index is 14.7. The molecule has 0 unspecified atom stereocenters. The summed E-state index contributed by atoms with van der Waals surface area (Å²) in [7, 11) is 0. The van der Waals surface area contributed by atoms with Crippen LogP contribution in [-0.2, 0) is 4.74 Å². The van der Waals surface area contributed by atoms with E-state index < -0.39 is 29.4 Å². The van der Waals surface area contributed by atoms with Gasteiger partial charge < -0.3 is 14.5 Å². The summed E-state index contributed by atoms with van der Waals surface area (Å²) in [4.78, 5) is 29.9. The monoisotopic (exact) mass is 623 g/mol. The Hall–Kier alpha value is -3.92. The molecule has 5 heterocycles. The van der Waals surface area contributed by atoms with Crippen LogP contribution in [0.15, 0.2) is 54.9 Å². The number of alkyl halides is 1. The fourth-order valence-corrected chi connectivity index (χ4v) is 6.30. The molecule has 6 rings (SSSR count). The summed E-state index contributed by atoms with van der Waals surface area (Å²) in [5.41, 5.74) is 2.91. The zero-order chi connectivity index (χ0) is 31.2. The molecule has 0 saturated carbocycles.